The molecule has 4 rings (SSSR count). The number of thiazole rings is 1. The van der Waals surface area contributed by atoms with Gasteiger partial charge in [-0.1, -0.05) is 0 Å². The number of ether oxygens (including phenoxy) is 4. The molecule has 0 aliphatic heterocycles. The van der Waals surface area contributed by atoms with Crippen LogP contribution in [0.1, 0.15) is 0 Å². The van der Waals surface area contributed by atoms with Gasteiger partial charge in [0.1, 0.15) is 5.01 Å². The van der Waals surface area contributed by atoms with E-state index in [2.05, 4.69) is 4.98 Å². The van der Waals surface area contributed by atoms with E-state index >= 15 is 0 Å². The predicted octanol–water partition coefficient (Wildman–Crippen LogP) is 5.06. The van der Waals surface area contributed by atoms with Crippen LogP contribution in [0.25, 0.3) is 32.0 Å². The summed E-state index contributed by atoms with van der Waals surface area (Å²) < 4.78 is 22.6. The van der Waals surface area contributed by atoms with E-state index in [0.717, 1.165) is 32.0 Å². The second kappa shape index (κ2) is 7.97. The van der Waals surface area contributed by atoms with Gasteiger partial charge in [0.25, 0.3) is 0 Å². The molecule has 29 heavy (non-hydrogen) atoms. The monoisotopic (exact) mass is 408 g/mol. The molecule has 0 unspecified atom stereocenters. The van der Waals surface area contributed by atoms with Crippen LogP contribution in [0.3, 0.4) is 0 Å². The number of fused-ring (bicyclic) bond motifs is 1. The molecular formula is C22H20N2O4S. The van der Waals surface area contributed by atoms with E-state index in [1.807, 2.05) is 42.5 Å². The molecule has 0 saturated heterocycles. The quantitative estimate of drug-likeness (QED) is 0.444. The summed E-state index contributed by atoms with van der Waals surface area (Å²) in [6.45, 7) is 0. The Balaban J connectivity index is 1.85. The van der Waals surface area contributed by atoms with Gasteiger partial charge in [0.2, 0.25) is 0 Å². The van der Waals surface area contributed by atoms with Gasteiger partial charge in [-0.25, -0.2) is 4.98 Å². The Labute approximate surface area is 172 Å². The van der Waals surface area contributed by atoms with Crippen LogP contribution in [0.5, 0.6) is 23.0 Å². The summed E-state index contributed by atoms with van der Waals surface area (Å²) in [5.74, 6) is 2.66. The molecule has 0 radical (unpaired) electrons. The zero-order valence-electron chi connectivity index (χ0n) is 16.6. The third kappa shape index (κ3) is 3.45. The molecule has 7 heteroatoms. The molecule has 0 atom stereocenters. The number of rotatable bonds is 6. The molecule has 0 N–H and O–H groups in total. The third-order valence-electron chi connectivity index (χ3n) is 4.59. The lowest BCUT2D eigenvalue weighted by atomic mass is 10.1. The van der Waals surface area contributed by atoms with Crippen molar-refractivity contribution in [1.29, 1.82) is 0 Å². The van der Waals surface area contributed by atoms with Gasteiger partial charge in [-0.05, 0) is 30.3 Å². The largest absolute Gasteiger partial charge is 0.493 e. The van der Waals surface area contributed by atoms with Crippen molar-refractivity contribution >= 4 is 21.6 Å². The van der Waals surface area contributed by atoms with Crippen LogP contribution in [0.4, 0.5) is 0 Å². The first kappa shape index (κ1) is 19.0. The van der Waals surface area contributed by atoms with Gasteiger partial charge >= 0.3 is 0 Å². The number of nitrogens with zero attached hydrogens (tertiary/aromatic N) is 2. The second-order valence-electron chi connectivity index (χ2n) is 6.16. The normalized spacial score (nSPS) is 10.8. The summed E-state index contributed by atoms with van der Waals surface area (Å²) in [4.78, 5) is 9.43. The fourth-order valence-corrected chi connectivity index (χ4v) is 4.16. The molecule has 0 bridgehead atoms. The highest BCUT2D eigenvalue weighted by Crippen LogP contribution is 2.41. The molecule has 0 amide bonds. The van der Waals surface area contributed by atoms with E-state index in [9.17, 15) is 0 Å². The highest BCUT2D eigenvalue weighted by atomic mass is 32.1. The molecule has 0 aliphatic rings. The van der Waals surface area contributed by atoms with Crippen molar-refractivity contribution in [2.24, 2.45) is 0 Å². The maximum Gasteiger partial charge on any atom is 0.162 e. The average Bonchev–Trinajstić information content (AvgIpc) is 3.20. The van der Waals surface area contributed by atoms with Crippen LogP contribution in [0.15, 0.2) is 48.7 Å². The lowest BCUT2D eigenvalue weighted by Gasteiger charge is -2.11. The number of pyridine rings is 1. The van der Waals surface area contributed by atoms with Gasteiger partial charge in [0.15, 0.2) is 23.0 Å². The van der Waals surface area contributed by atoms with Crippen LogP contribution in [0.2, 0.25) is 0 Å². The van der Waals surface area contributed by atoms with Crippen molar-refractivity contribution in [2.75, 3.05) is 28.4 Å². The van der Waals surface area contributed by atoms with Crippen LogP contribution >= 0.6 is 11.3 Å². The van der Waals surface area contributed by atoms with E-state index in [-0.39, 0.29) is 0 Å². The molecule has 148 valence electrons. The molecule has 2 aromatic carbocycles. The van der Waals surface area contributed by atoms with Gasteiger partial charge < -0.3 is 18.9 Å². The predicted molar refractivity (Wildman–Crippen MR) is 114 cm³/mol. The summed E-state index contributed by atoms with van der Waals surface area (Å²) in [6.07, 6.45) is 1.77. The highest BCUT2D eigenvalue weighted by Gasteiger charge is 2.16. The molecule has 0 fully saturated rings. The van der Waals surface area contributed by atoms with Crippen molar-refractivity contribution in [3.05, 3.63) is 48.7 Å². The number of methoxy groups -OCH3 is 4. The van der Waals surface area contributed by atoms with Crippen molar-refractivity contribution in [1.82, 2.24) is 9.97 Å². The van der Waals surface area contributed by atoms with E-state index in [0.29, 0.717) is 23.0 Å². The Morgan fingerprint density at radius 3 is 2.17 bits per heavy atom. The zero-order chi connectivity index (χ0) is 20.4. The minimum Gasteiger partial charge on any atom is -0.493 e. The zero-order valence-corrected chi connectivity index (χ0v) is 17.4. The standard InChI is InChI=1S/C22H20N2O4S/c1-25-16-8-7-13(10-17(16)26-2)21-14(6-5-9-23-21)22-24-15-11-18(27-3)19(28-4)12-20(15)29-22/h5-12H,1-4H3. The van der Waals surface area contributed by atoms with E-state index in [1.165, 1.54) is 0 Å². The summed E-state index contributed by atoms with van der Waals surface area (Å²) in [5.41, 5.74) is 3.54. The summed E-state index contributed by atoms with van der Waals surface area (Å²) in [6, 6.07) is 13.5. The molecule has 0 saturated carbocycles. The summed E-state index contributed by atoms with van der Waals surface area (Å²) in [7, 11) is 6.48. The van der Waals surface area contributed by atoms with Crippen LogP contribution in [-0.4, -0.2) is 38.4 Å². The Hall–Kier alpha value is -3.32. The van der Waals surface area contributed by atoms with Crippen molar-refractivity contribution in [3.63, 3.8) is 0 Å². The maximum absolute atomic E-state index is 5.45. The minimum absolute atomic E-state index is 0.653. The topological polar surface area (TPSA) is 62.7 Å². The Morgan fingerprint density at radius 2 is 1.45 bits per heavy atom. The first-order valence-corrected chi connectivity index (χ1v) is 9.70. The fourth-order valence-electron chi connectivity index (χ4n) is 3.16. The molecule has 0 spiro atoms. The van der Waals surface area contributed by atoms with Crippen LogP contribution in [0, 0.1) is 0 Å². The number of aromatic nitrogens is 2. The first-order chi connectivity index (χ1) is 14.2. The SMILES string of the molecule is COc1ccc(-c2ncccc2-c2nc3cc(OC)c(OC)cc3s2)cc1OC. The third-order valence-corrected chi connectivity index (χ3v) is 5.64. The minimum atomic E-state index is 0.653. The number of benzene rings is 2. The average molecular weight is 408 g/mol. The van der Waals surface area contributed by atoms with E-state index in [4.69, 9.17) is 23.9 Å². The van der Waals surface area contributed by atoms with Gasteiger partial charge in [-0.3, -0.25) is 4.98 Å². The van der Waals surface area contributed by atoms with Crippen molar-refractivity contribution < 1.29 is 18.9 Å². The Kier molecular flexibility index (Phi) is 5.22. The Bertz CT molecular complexity index is 1130. The second-order valence-corrected chi connectivity index (χ2v) is 7.19. The van der Waals surface area contributed by atoms with E-state index in [1.54, 1.807) is 46.0 Å². The van der Waals surface area contributed by atoms with Crippen molar-refractivity contribution in [2.45, 2.75) is 0 Å². The molecule has 4 aromatic rings. The first-order valence-electron chi connectivity index (χ1n) is 8.88. The van der Waals surface area contributed by atoms with E-state index < -0.39 is 0 Å². The van der Waals surface area contributed by atoms with Crippen LogP contribution < -0.4 is 18.9 Å². The lowest BCUT2D eigenvalue weighted by molar-refractivity contribution is 0.355. The Morgan fingerprint density at radius 1 is 0.759 bits per heavy atom. The highest BCUT2D eigenvalue weighted by molar-refractivity contribution is 7.21. The number of hydrogen-bond acceptors (Lipinski definition) is 7. The summed E-state index contributed by atoms with van der Waals surface area (Å²) >= 11 is 1.58. The molecule has 6 nitrogen and oxygen atoms in total. The smallest absolute Gasteiger partial charge is 0.162 e. The van der Waals surface area contributed by atoms with Crippen molar-refractivity contribution in [3.8, 4) is 44.8 Å². The van der Waals surface area contributed by atoms with Gasteiger partial charge in [-0.15, -0.1) is 11.3 Å². The van der Waals surface area contributed by atoms with Gasteiger partial charge in [-0.2, -0.15) is 0 Å². The van der Waals surface area contributed by atoms with Crippen LogP contribution in [-0.2, 0) is 0 Å². The molecule has 2 heterocycles. The molecule has 2 aromatic heterocycles. The molecule has 0 aliphatic carbocycles. The fraction of sp³-hybridized carbons (Fsp3) is 0.182. The van der Waals surface area contributed by atoms with Gasteiger partial charge in [0, 0.05) is 29.5 Å². The lowest BCUT2D eigenvalue weighted by Crippen LogP contribution is -1.93. The number of hydrogen-bond donors (Lipinski definition) is 0. The van der Waals surface area contributed by atoms with Gasteiger partial charge in [0.05, 0.1) is 44.3 Å². The maximum atomic E-state index is 5.45. The summed E-state index contributed by atoms with van der Waals surface area (Å²) in [5, 5.41) is 0.869. The molecular weight excluding hydrogens is 388 g/mol.